The first kappa shape index (κ1) is 13.8. The summed E-state index contributed by atoms with van der Waals surface area (Å²) in [5, 5.41) is 0.353. The molecule has 0 aromatic heterocycles. The van der Waals surface area contributed by atoms with Gasteiger partial charge in [0.15, 0.2) is 0 Å². The van der Waals surface area contributed by atoms with Gasteiger partial charge in [-0.2, -0.15) is 24.9 Å². The van der Waals surface area contributed by atoms with Gasteiger partial charge in [-0.05, 0) is 6.42 Å². The van der Waals surface area contributed by atoms with E-state index < -0.39 is 5.51 Å². The Morgan fingerprint density at radius 3 is 2.38 bits per heavy atom. The van der Waals surface area contributed by atoms with E-state index in [0.29, 0.717) is 16.9 Å². The first-order valence-corrected chi connectivity index (χ1v) is 6.41. The third-order valence-electron chi connectivity index (χ3n) is 1.27. The Hall–Kier alpha value is 0.780. The smallest absolute Gasteiger partial charge is 0.160 e. The SMILES string of the molecule is CC(CCCl)SCCSC(F)(F)F. The topological polar surface area (TPSA) is 0 Å². The quantitative estimate of drug-likeness (QED) is 0.518. The van der Waals surface area contributed by atoms with E-state index in [2.05, 4.69) is 0 Å². The van der Waals surface area contributed by atoms with Crippen LogP contribution in [-0.4, -0.2) is 28.1 Å². The van der Waals surface area contributed by atoms with Gasteiger partial charge in [0.25, 0.3) is 0 Å². The molecule has 0 amide bonds. The molecule has 0 aliphatic carbocycles. The molecule has 6 heteroatoms. The Kier molecular flexibility index (Phi) is 7.55. The highest BCUT2D eigenvalue weighted by atomic mass is 35.5. The first-order chi connectivity index (χ1) is 5.95. The average Bonchev–Trinajstić information content (AvgIpc) is 1.97. The summed E-state index contributed by atoms with van der Waals surface area (Å²) in [5.74, 6) is 1.23. The molecule has 1 unspecified atom stereocenters. The van der Waals surface area contributed by atoms with Crippen molar-refractivity contribution in [3.05, 3.63) is 0 Å². The van der Waals surface area contributed by atoms with Gasteiger partial charge in [-0.3, -0.25) is 0 Å². The number of rotatable bonds is 6. The van der Waals surface area contributed by atoms with E-state index in [0.717, 1.165) is 6.42 Å². The Bertz CT molecular complexity index is 129. The van der Waals surface area contributed by atoms with Crippen molar-refractivity contribution < 1.29 is 13.2 Å². The summed E-state index contributed by atoms with van der Waals surface area (Å²) in [4.78, 5) is 0. The van der Waals surface area contributed by atoms with Crippen LogP contribution in [0.15, 0.2) is 0 Å². The lowest BCUT2D eigenvalue weighted by Crippen LogP contribution is -2.04. The molecule has 0 nitrogen and oxygen atoms in total. The summed E-state index contributed by atoms with van der Waals surface area (Å²) < 4.78 is 35.0. The van der Waals surface area contributed by atoms with E-state index in [9.17, 15) is 13.2 Å². The molecule has 1 atom stereocenters. The molecule has 0 N–H and O–H groups in total. The summed E-state index contributed by atoms with van der Waals surface area (Å²) in [6.45, 7) is 1.98. The van der Waals surface area contributed by atoms with Crippen LogP contribution in [-0.2, 0) is 0 Å². The number of hydrogen-bond donors (Lipinski definition) is 0. The van der Waals surface area contributed by atoms with Crippen LogP contribution >= 0.6 is 35.1 Å². The highest BCUT2D eigenvalue weighted by Gasteiger charge is 2.27. The highest BCUT2D eigenvalue weighted by Crippen LogP contribution is 2.31. The minimum absolute atomic E-state index is 0.0398. The second kappa shape index (κ2) is 7.12. The zero-order chi connectivity index (χ0) is 10.3. The van der Waals surface area contributed by atoms with E-state index >= 15 is 0 Å². The average molecular weight is 253 g/mol. The summed E-state index contributed by atoms with van der Waals surface area (Å²) >= 11 is 7.06. The number of thioether (sulfide) groups is 2. The van der Waals surface area contributed by atoms with Gasteiger partial charge in [0, 0.05) is 22.6 Å². The summed E-state index contributed by atoms with van der Waals surface area (Å²) in [6, 6.07) is 0. The minimum Gasteiger partial charge on any atom is -0.160 e. The van der Waals surface area contributed by atoms with Gasteiger partial charge in [-0.15, -0.1) is 11.6 Å². The van der Waals surface area contributed by atoms with Crippen LogP contribution in [0.5, 0.6) is 0 Å². The molecular weight excluding hydrogens is 241 g/mol. The number of halogens is 4. The molecular formula is C7H12ClF3S2. The fourth-order valence-electron chi connectivity index (χ4n) is 0.644. The molecule has 0 radical (unpaired) electrons. The molecule has 80 valence electrons. The van der Waals surface area contributed by atoms with Gasteiger partial charge < -0.3 is 0 Å². The summed E-state index contributed by atoms with van der Waals surface area (Å²) in [6.07, 6.45) is 0.850. The molecule has 0 rings (SSSR count). The van der Waals surface area contributed by atoms with Crippen molar-refractivity contribution in [2.24, 2.45) is 0 Å². The van der Waals surface area contributed by atoms with Gasteiger partial charge in [0.2, 0.25) is 0 Å². The van der Waals surface area contributed by atoms with Crippen molar-refractivity contribution in [2.75, 3.05) is 17.4 Å². The van der Waals surface area contributed by atoms with Crippen LogP contribution in [0.4, 0.5) is 13.2 Å². The zero-order valence-corrected chi connectivity index (χ0v) is 9.62. The summed E-state index contributed by atoms with van der Waals surface area (Å²) in [5.41, 5.74) is -4.09. The fraction of sp³-hybridized carbons (Fsp3) is 1.00. The Morgan fingerprint density at radius 1 is 1.31 bits per heavy atom. The number of hydrogen-bond acceptors (Lipinski definition) is 2. The third-order valence-corrected chi connectivity index (χ3v) is 3.72. The molecule has 0 aromatic rings. The van der Waals surface area contributed by atoms with E-state index in [1.807, 2.05) is 6.92 Å². The minimum atomic E-state index is -4.09. The largest absolute Gasteiger partial charge is 0.441 e. The second-order valence-electron chi connectivity index (χ2n) is 2.45. The molecule has 13 heavy (non-hydrogen) atoms. The lowest BCUT2D eigenvalue weighted by atomic mass is 10.4. The fourth-order valence-corrected chi connectivity index (χ4v) is 2.74. The van der Waals surface area contributed by atoms with Crippen LogP contribution in [0.2, 0.25) is 0 Å². The zero-order valence-electron chi connectivity index (χ0n) is 7.23. The first-order valence-electron chi connectivity index (χ1n) is 3.84. The molecule has 0 aromatic carbocycles. The second-order valence-corrected chi connectivity index (χ2v) is 5.54. The van der Waals surface area contributed by atoms with E-state index in [1.165, 1.54) is 11.8 Å². The van der Waals surface area contributed by atoms with E-state index in [4.69, 9.17) is 11.6 Å². The van der Waals surface area contributed by atoms with Gasteiger partial charge in [0.1, 0.15) is 0 Å². The van der Waals surface area contributed by atoms with Gasteiger partial charge in [-0.25, -0.2) is 0 Å². The number of alkyl halides is 4. The normalized spacial score (nSPS) is 14.5. The van der Waals surface area contributed by atoms with Crippen LogP contribution in [0, 0.1) is 0 Å². The predicted octanol–water partition coefficient (Wildman–Crippen LogP) is 3.99. The molecule has 0 heterocycles. The van der Waals surface area contributed by atoms with Crippen molar-refractivity contribution in [3.63, 3.8) is 0 Å². The maximum absolute atomic E-state index is 11.7. The summed E-state index contributed by atoms with van der Waals surface area (Å²) in [7, 11) is 0. The van der Waals surface area contributed by atoms with Crippen LogP contribution in [0.3, 0.4) is 0 Å². The van der Waals surface area contributed by atoms with Crippen molar-refractivity contribution >= 4 is 35.1 Å². The van der Waals surface area contributed by atoms with Crippen LogP contribution in [0.25, 0.3) is 0 Å². The van der Waals surface area contributed by atoms with E-state index in [1.54, 1.807) is 0 Å². The predicted molar refractivity (Wildman–Crippen MR) is 55.8 cm³/mol. The molecule has 0 saturated heterocycles. The standard InChI is InChI=1S/C7H12ClF3S2/c1-6(2-3-8)12-4-5-13-7(9,10)11/h6H,2-5H2,1H3. The molecule has 0 spiro atoms. The molecule has 0 bridgehead atoms. The maximum atomic E-state index is 11.7. The highest BCUT2D eigenvalue weighted by molar-refractivity contribution is 8.03. The van der Waals surface area contributed by atoms with Crippen molar-refractivity contribution in [3.8, 4) is 0 Å². The molecule has 0 saturated carbocycles. The Labute approximate surface area is 90.0 Å². The van der Waals surface area contributed by atoms with Gasteiger partial charge in [0.05, 0.1) is 0 Å². The Morgan fingerprint density at radius 2 is 1.92 bits per heavy atom. The van der Waals surface area contributed by atoms with Crippen molar-refractivity contribution in [1.29, 1.82) is 0 Å². The van der Waals surface area contributed by atoms with Crippen LogP contribution in [0.1, 0.15) is 13.3 Å². The molecule has 0 fully saturated rings. The van der Waals surface area contributed by atoms with Crippen molar-refractivity contribution in [2.45, 2.75) is 24.1 Å². The Balaban J connectivity index is 3.25. The molecule has 0 aliphatic rings. The van der Waals surface area contributed by atoms with Crippen LogP contribution < -0.4 is 0 Å². The third kappa shape index (κ3) is 10.7. The maximum Gasteiger partial charge on any atom is 0.441 e. The van der Waals surface area contributed by atoms with Gasteiger partial charge in [-0.1, -0.05) is 18.7 Å². The lowest BCUT2D eigenvalue weighted by molar-refractivity contribution is -0.0326. The monoisotopic (exact) mass is 252 g/mol. The van der Waals surface area contributed by atoms with Gasteiger partial charge >= 0.3 is 5.51 Å². The van der Waals surface area contributed by atoms with E-state index in [-0.39, 0.29) is 17.5 Å². The molecule has 0 aliphatic heterocycles. The lowest BCUT2D eigenvalue weighted by Gasteiger charge is -2.09. The van der Waals surface area contributed by atoms with Crippen molar-refractivity contribution in [1.82, 2.24) is 0 Å².